The fourth-order valence-electron chi connectivity index (χ4n) is 3.17. The SMILES string of the molecule is Cc1ccc(S(=O)(=O)N2CCC(Nc3ccc(C)c(C)c3)CC2)cc1. The lowest BCUT2D eigenvalue weighted by molar-refractivity contribution is 0.330. The Morgan fingerprint density at radius 2 is 1.56 bits per heavy atom. The van der Waals surface area contributed by atoms with Crippen molar-refractivity contribution in [3.8, 4) is 0 Å². The van der Waals surface area contributed by atoms with Crippen molar-refractivity contribution >= 4 is 15.7 Å². The molecule has 0 radical (unpaired) electrons. The number of nitrogens with one attached hydrogen (secondary N) is 1. The summed E-state index contributed by atoms with van der Waals surface area (Å²) in [6.07, 6.45) is 1.63. The summed E-state index contributed by atoms with van der Waals surface area (Å²) in [4.78, 5) is 0.388. The van der Waals surface area contributed by atoms with Crippen LogP contribution in [0.5, 0.6) is 0 Å². The fraction of sp³-hybridized carbons (Fsp3) is 0.400. The number of anilines is 1. The second-order valence-electron chi connectivity index (χ2n) is 6.93. The third-order valence-electron chi connectivity index (χ3n) is 4.99. The monoisotopic (exact) mass is 358 g/mol. The maximum absolute atomic E-state index is 12.8. The van der Waals surface area contributed by atoms with Gasteiger partial charge in [-0.3, -0.25) is 0 Å². The van der Waals surface area contributed by atoms with E-state index in [1.807, 2.05) is 19.1 Å². The van der Waals surface area contributed by atoms with Crippen LogP contribution in [-0.2, 0) is 10.0 Å². The van der Waals surface area contributed by atoms with Gasteiger partial charge in [0.25, 0.3) is 0 Å². The zero-order chi connectivity index (χ0) is 18.0. The highest BCUT2D eigenvalue weighted by atomic mass is 32.2. The molecular weight excluding hydrogens is 332 g/mol. The molecule has 5 heteroatoms. The van der Waals surface area contributed by atoms with Crippen LogP contribution in [0.2, 0.25) is 0 Å². The highest BCUT2D eigenvalue weighted by Gasteiger charge is 2.29. The third kappa shape index (κ3) is 4.05. The van der Waals surface area contributed by atoms with Gasteiger partial charge in [-0.1, -0.05) is 23.8 Å². The maximum Gasteiger partial charge on any atom is 0.243 e. The Bertz CT molecular complexity index is 836. The smallest absolute Gasteiger partial charge is 0.243 e. The van der Waals surface area contributed by atoms with Crippen molar-refractivity contribution in [3.63, 3.8) is 0 Å². The van der Waals surface area contributed by atoms with Crippen LogP contribution in [0.4, 0.5) is 5.69 Å². The van der Waals surface area contributed by atoms with Crippen molar-refractivity contribution < 1.29 is 8.42 Å². The Morgan fingerprint density at radius 1 is 0.920 bits per heavy atom. The lowest BCUT2D eigenvalue weighted by atomic mass is 10.0. The Morgan fingerprint density at radius 3 is 2.16 bits per heavy atom. The molecule has 0 atom stereocenters. The van der Waals surface area contributed by atoms with Crippen molar-refractivity contribution in [2.75, 3.05) is 18.4 Å². The van der Waals surface area contributed by atoms with E-state index >= 15 is 0 Å². The molecular formula is C20H26N2O2S. The van der Waals surface area contributed by atoms with Gasteiger partial charge >= 0.3 is 0 Å². The zero-order valence-corrected chi connectivity index (χ0v) is 15.9. The molecule has 2 aromatic rings. The first-order valence-corrected chi connectivity index (χ1v) is 10.2. The first-order valence-electron chi connectivity index (χ1n) is 8.77. The molecule has 0 bridgehead atoms. The van der Waals surface area contributed by atoms with E-state index in [0.29, 0.717) is 24.0 Å². The molecule has 134 valence electrons. The van der Waals surface area contributed by atoms with Crippen LogP contribution < -0.4 is 5.32 Å². The average molecular weight is 359 g/mol. The third-order valence-corrected chi connectivity index (χ3v) is 6.90. The molecule has 0 unspecified atom stereocenters. The van der Waals surface area contributed by atoms with Crippen LogP contribution in [0.15, 0.2) is 47.4 Å². The topological polar surface area (TPSA) is 49.4 Å². The predicted molar refractivity (Wildman–Crippen MR) is 102 cm³/mol. The summed E-state index contributed by atoms with van der Waals surface area (Å²) in [7, 11) is -3.38. The van der Waals surface area contributed by atoms with E-state index in [-0.39, 0.29) is 0 Å². The molecule has 25 heavy (non-hydrogen) atoms. The van der Waals surface area contributed by atoms with Crippen LogP contribution in [0.1, 0.15) is 29.5 Å². The molecule has 2 aromatic carbocycles. The van der Waals surface area contributed by atoms with Gasteiger partial charge in [0.05, 0.1) is 4.90 Å². The van der Waals surface area contributed by atoms with E-state index in [9.17, 15) is 8.42 Å². The van der Waals surface area contributed by atoms with Gasteiger partial charge in [0.2, 0.25) is 10.0 Å². The number of nitrogens with zero attached hydrogens (tertiary/aromatic N) is 1. The second kappa shape index (κ2) is 7.18. The van der Waals surface area contributed by atoms with Crippen LogP contribution in [0.3, 0.4) is 0 Å². The average Bonchev–Trinajstić information content (AvgIpc) is 2.59. The Balaban J connectivity index is 1.63. The van der Waals surface area contributed by atoms with Gasteiger partial charge < -0.3 is 5.32 Å². The molecule has 4 nitrogen and oxygen atoms in total. The standard InChI is InChI=1S/C20H26N2O2S/c1-15-4-8-20(9-5-15)25(23,24)22-12-10-18(11-13-22)21-19-7-6-16(2)17(3)14-19/h4-9,14,18,21H,10-13H2,1-3H3. The number of sulfonamides is 1. The fourth-order valence-corrected chi connectivity index (χ4v) is 4.64. The second-order valence-corrected chi connectivity index (χ2v) is 8.87. The van der Waals surface area contributed by atoms with Crippen LogP contribution in [0, 0.1) is 20.8 Å². The zero-order valence-electron chi connectivity index (χ0n) is 15.1. The molecule has 0 aliphatic carbocycles. The highest BCUT2D eigenvalue weighted by Crippen LogP contribution is 2.23. The normalized spacial score (nSPS) is 16.8. The molecule has 1 N–H and O–H groups in total. The molecule has 0 saturated carbocycles. The van der Waals surface area contributed by atoms with Gasteiger partial charge in [0.15, 0.2) is 0 Å². The summed E-state index contributed by atoms with van der Waals surface area (Å²) in [5.74, 6) is 0. The Kier molecular flexibility index (Phi) is 5.16. The van der Waals surface area contributed by atoms with Crippen LogP contribution in [0.25, 0.3) is 0 Å². The summed E-state index contributed by atoms with van der Waals surface area (Å²) in [6, 6.07) is 13.8. The van der Waals surface area contributed by atoms with Gasteiger partial charge in [-0.2, -0.15) is 4.31 Å². The lowest BCUT2D eigenvalue weighted by Gasteiger charge is -2.32. The number of benzene rings is 2. The van der Waals surface area contributed by atoms with E-state index in [1.165, 1.54) is 11.1 Å². The van der Waals surface area contributed by atoms with E-state index in [0.717, 1.165) is 24.1 Å². The molecule has 1 heterocycles. The maximum atomic E-state index is 12.8. The Labute approximate surface area is 150 Å². The first-order chi connectivity index (χ1) is 11.9. The molecule has 0 aromatic heterocycles. The molecule has 0 amide bonds. The largest absolute Gasteiger partial charge is 0.382 e. The number of hydrogen-bond donors (Lipinski definition) is 1. The minimum absolute atomic E-state index is 0.312. The van der Waals surface area contributed by atoms with E-state index in [2.05, 4.69) is 37.4 Å². The summed E-state index contributed by atoms with van der Waals surface area (Å²) in [5, 5.41) is 3.55. The number of aryl methyl sites for hydroxylation is 3. The quantitative estimate of drug-likeness (QED) is 0.902. The van der Waals surface area contributed by atoms with E-state index in [4.69, 9.17) is 0 Å². The van der Waals surface area contributed by atoms with Gasteiger partial charge in [-0.15, -0.1) is 0 Å². The van der Waals surface area contributed by atoms with Crippen molar-refractivity contribution in [1.29, 1.82) is 0 Å². The number of rotatable bonds is 4. The summed E-state index contributed by atoms with van der Waals surface area (Å²) in [6.45, 7) is 7.28. The number of piperidine rings is 1. The van der Waals surface area contributed by atoms with Crippen molar-refractivity contribution in [2.24, 2.45) is 0 Å². The molecule has 1 aliphatic heterocycles. The van der Waals surface area contributed by atoms with Crippen LogP contribution in [-0.4, -0.2) is 31.9 Å². The van der Waals surface area contributed by atoms with Gasteiger partial charge in [0.1, 0.15) is 0 Å². The minimum atomic E-state index is -3.38. The highest BCUT2D eigenvalue weighted by molar-refractivity contribution is 7.89. The molecule has 3 rings (SSSR count). The van der Waals surface area contributed by atoms with Crippen molar-refractivity contribution in [1.82, 2.24) is 4.31 Å². The molecule has 0 spiro atoms. The number of hydrogen-bond acceptors (Lipinski definition) is 3. The van der Waals surface area contributed by atoms with Crippen molar-refractivity contribution in [2.45, 2.75) is 44.6 Å². The van der Waals surface area contributed by atoms with Gasteiger partial charge in [-0.25, -0.2) is 8.42 Å². The van der Waals surface area contributed by atoms with Crippen molar-refractivity contribution in [3.05, 3.63) is 59.2 Å². The summed E-state index contributed by atoms with van der Waals surface area (Å²) < 4.78 is 27.1. The van der Waals surface area contributed by atoms with Gasteiger partial charge in [-0.05, 0) is 69.0 Å². The predicted octanol–water partition coefficient (Wildman–Crippen LogP) is 3.88. The lowest BCUT2D eigenvalue weighted by Crippen LogP contribution is -2.42. The molecule has 1 fully saturated rings. The first kappa shape index (κ1) is 18.0. The van der Waals surface area contributed by atoms with Gasteiger partial charge in [0, 0.05) is 24.8 Å². The Hall–Kier alpha value is -1.85. The minimum Gasteiger partial charge on any atom is -0.382 e. The molecule has 1 saturated heterocycles. The summed E-state index contributed by atoms with van der Waals surface area (Å²) in [5.41, 5.74) is 4.73. The van der Waals surface area contributed by atoms with E-state index in [1.54, 1.807) is 16.4 Å². The summed E-state index contributed by atoms with van der Waals surface area (Å²) >= 11 is 0. The molecule has 1 aliphatic rings. The van der Waals surface area contributed by atoms with Crippen LogP contribution >= 0.6 is 0 Å². The van der Waals surface area contributed by atoms with E-state index < -0.39 is 10.0 Å².